The molecule has 0 unspecified atom stereocenters. The minimum absolute atomic E-state index is 0.308. The van der Waals surface area contributed by atoms with Crippen molar-refractivity contribution in [1.29, 1.82) is 0 Å². The maximum atomic E-state index is 14.1. The molecule has 1 heterocycles. The third kappa shape index (κ3) is 3.55. The van der Waals surface area contributed by atoms with Gasteiger partial charge >= 0.3 is 5.69 Å². The van der Waals surface area contributed by atoms with E-state index in [9.17, 15) is 19.3 Å². The first-order valence-corrected chi connectivity index (χ1v) is 8.22. The molecule has 0 amide bonds. The van der Waals surface area contributed by atoms with Crippen LogP contribution in [-0.2, 0) is 0 Å². The number of anilines is 2. The summed E-state index contributed by atoms with van der Waals surface area (Å²) in [4.78, 5) is 21.6. The van der Waals surface area contributed by atoms with Crippen LogP contribution in [0.15, 0.2) is 41.2 Å². The Kier molecular flexibility index (Phi) is 4.57. The first-order valence-electron chi connectivity index (χ1n) is 7.14. The van der Waals surface area contributed by atoms with Crippen molar-refractivity contribution in [3.63, 3.8) is 0 Å². The smallest absolute Gasteiger partial charge is 0.305 e. The molecule has 1 aromatic heterocycles. The highest BCUT2D eigenvalue weighted by molar-refractivity contribution is 14.1. The number of nitro benzene ring substituents is 1. The molecule has 3 aromatic rings. The molecule has 0 fully saturated rings. The van der Waals surface area contributed by atoms with Gasteiger partial charge in [0.1, 0.15) is 0 Å². The van der Waals surface area contributed by atoms with Crippen LogP contribution in [0, 0.1) is 26.4 Å². The Morgan fingerprint density at radius 2 is 1.92 bits per heavy atom. The first-order chi connectivity index (χ1) is 11.8. The molecule has 0 saturated carbocycles. The van der Waals surface area contributed by atoms with Crippen molar-refractivity contribution in [2.75, 3.05) is 5.32 Å². The third-order valence-corrected chi connectivity index (χ3v) is 4.30. The van der Waals surface area contributed by atoms with E-state index in [4.69, 9.17) is 0 Å². The van der Waals surface area contributed by atoms with Crippen LogP contribution < -0.4 is 10.9 Å². The monoisotopic (exact) mass is 454 g/mol. The average Bonchev–Trinajstić information content (AvgIpc) is 2.96. The van der Waals surface area contributed by atoms with Gasteiger partial charge < -0.3 is 5.32 Å². The second kappa shape index (κ2) is 6.67. The molecule has 25 heavy (non-hydrogen) atoms. The number of benzene rings is 2. The van der Waals surface area contributed by atoms with Gasteiger partial charge in [0.15, 0.2) is 0 Å². The lowest BCUT2D eigenvalue weighted by Gasteiger charge is -2.14. The van der Waals surface area contributed by atoms with Gasteiger partial charge in [0, 0.05) is 33.0 Å². The van der Waals surface area contributed by atoms with Gasteiger partial charge in [-0.3, -0.25) is 25.1 Å². The van der Waals surface area contributed by atoms with Crippen molar-refractivity contribution in [2.45, 2.75) is 6.92 Å². The summed E-state index contributed by atoms with van der Waals surface area (Å²) in [7, 11) is 0. The number of nitro groups is 1. The molecule has 0 spiro atoms. The molecule has 3 rings (SSSR count). The van der Waals surface area contributed by atoms with Crippen molar-refractivity contribution in [3.8, 4) is 11.3 Å². The predicted molar refractivity (Wildman–Crippen MR) is 101 cm³/mol. The summed E-state index contributed by atoms with van der Waals surface area (Å²) in [5.74, 6) is -0.961. The zero-order chi connectivity index (χ0) is 18.1. The van der Waals surface area contributed by atoms with Crippen LogP contribution in [0.5, 0.6) is 0 Å². The van der Waals surface area contributed by atoms with E-state index < -0.39 is 22.0 Å². The third-order valence-electron chi connectivity index (χ3n) is 3.63. The molecule has 0 aliphatic heterocycles. The zero-order valence-corrected chi connectivity index (χ0v) is 15.0. The van der Waals surface area contributed by atoms with Crippen LogP contribution >= 0.6 is 22.6 Å². The van der Waals surface area contributed by atoms with Gasteiger partial charge in [0.2, 0.25) is 5.82 Å². The summed E-state index contributed by atoms with van der Waals surface area (Å²) in [5.41, 5.74) is 1.54. The van der Waals surface area contributed by atoms with Crippen LogP contribution in [0.1, 0.15) is 5.56 Å². The molecule has 0 bridgehead atoms. The summed E-state index contributed by atoms with van der Waals surface area (Å²) >= 11 is 2.18. The van der Waals surface area contributed by atoms with E-state index in [2.05, 4.69) is 38.1 Å². The van der Waals surface area contributed by atoms with Gasteiger partial charge in [-0.1, -0.05) is 0 Å². The minimum atomic E-state index is -0.961. The van der Waals surface area contributed by atoms with Crippen LogP contribution in [0.2, 0.25) is 0 Å². The van der Waals surface area contributed by atoms with E-state index in [1.165, 1.54) is 6.07 Å². The fraction of sp³-hybridized carbons (Fsp3) is 0.0625. The van der Waals surface area contributed by atoms with Gasteiger partial charge in [0.25, 0.3) is 5.56 Å². The number of rotatable bonds is 4. The molecule has 128 valence electrons. The molecule has 3 N–H and O–H groups in total. The number of aryl methyl sites for hydroxylation is 1. The van der Waals surface area contributed by atoms with E-state index in [1.807, 2.05) is 25.1 Å². The SMILES string of the molecule is Cc1cc(I)ccc1Nc1cc(F)c([N+](=O)[O-])cc1-c1cc(=O)[nH][nH]1. The summed E-state index contributed by atoms with van der Waals surface area (Å²) in [5, 5.41) is 19.1. The summed E-state index contributed by atoms with van der Waals surface area (Å²) < 4.78 is 15.2. The van der Waals surface area contributed by atoms with Crippen molar-refractivity contribution >= 4 is 39.7 Å². The Hall–Kier alpha value is -2.69. The lowest BCUT2D eigenvalue weighted by Crippen LogP contribution is -2.00. The normalized spacial score (nSPS) is 10.7. The van der Waals surface area contributed by atoms with E-state index in [0.717, 1.165) is 27.0 Å². The first kappa shape index (κ1) is 17.1. The van der Waals surface area contributed by atoms with E-state index in [-0.39, 0.29) is 0 Å². The molecule has 2 aromatic carbocycles. The average molecular weight is 454 g/mol. The Labute approximate surface area is 154 Å². The fourth-order valence-electron chi connectivity index (χ4n) is 2.42. The van der Waals surface area contributed by atoms with Crippen molar-refractivity contribution in [3.05, 3.63) is 71.8 Å². The second-order valence-corrected chi connectivity index (χ2v) is 6.61. The van der Waals surface area contributed by atoms with E-state index in [1.54, 1.807) is 0 Å². The molecule has 0 saturated heterocycles. The van der Waals surface area contributed by atoms with Gasteiger partial charge in [-0.15, -0.1) is 0 Å². The molecule has 0 radical (unpaired) electrons. The van der Waals surface area contributed by atoms with Crippen molar-refractivity contribution < 1.29 is 9.31 Å². The molecule has 0 atom stereocenters. The largest absolute Gasteiger partial charge is 0.355 e. The topological polar surface area (TPSA) is 104 Å². The fourth-order valence-corrected chi connectivity index (χ4v) is 3.06. The molecular weight excluding hydrogens is 442 g/mol. The van der Waals surface area contributed by atoms with Crippen LogP contribution in [-0.4, -0.2) is 15.1 Å². The van der Waals surface area contributed by atoms with E-state index >= 15 is 0 Å². The van der Waals surface area contributed by atoms with Crippen molar-refractivity contribution in [2.24, 2.45) is 0 Å². The lowest BCUT2D eigenvalue weighted by atomic mass is 10.1. The summed E-state index contributed by atoms with van der Waals surface area (Å²) in [6.45, 7) is 1.89. The predicted octanol–water partition coefficient (Wildman–Crippen LogP) is 4.07. The maximum absolute atomic E-state index is 14.1. The number of H-pyrrole nitrogens is 2. The Morgan fingerprint density at radius 3 is 2.52 bits per heavy atom. The highest BCUT2D eigenvalue weighted by atomic mass is 127. The van der Waals surface area contributed by atoms with Gasteiger partial charge in [-0.25, -0.2) is 0 Å². The van der Waals surface area contributed by atoms with Crippen LogP contribution in [0.25, 0.3) is 11.3 Å². The van der Waals surface area contributed by atoms with Gasteiger partial charge in [-0.2, -0.15) is 4.39 Å². The number of nitrogens with one attached hydrogen (secondary N) is 3. The number of aromatic nitrogens is 2. The Bertz CT molecular complexity index is 1030. The van der Waals surface area contributed by atoms with Gasteiger partial charge in [-0.05, 0) is 53.3 Å². The molecule has 0 aliphatic carbocycles. The van der Waals surface area contributed by atoms with Gasteiger partial charge in [0.05, 0.1) is 16.3 Å². The summed E-state index contributed by atoms with van der Waals surface area (Å²) in [6, 6.07) is 9.07. The maximum Gasteiger partial charge on any atom is 0.305 e. The number of nitrogens with zero attached hydrogens (tertiary/aromatic N) is 1. The van der Waals surface area contributed by atoms with Crippen LogP contribution in [0.3, 0.4) is 0 Å². The van der Waals surface area contributed by atoms with Crippen LogP contribution in [0.4, 0.5) is 21.5 Å². The standard InChI is InChI=1S/C16H12FIN4O3/c1-8-4-9(18)2-3-12(8)19-13-6-11(17)15(22(24)25)5-10(13)14-7-16(23)21-20-14/h2-7,19H,1H3,(H2,20,21,23). The molecule has 9 heteroatoms. The Morgan fingerprint density at radius 1 is 1.16 bits per heavy atom. The van der Waals surface area contributed by atoms with Crippen molar-refractivity contribution in [1.82, 2.24) is 10.2 Å². The molecule has 7 nitrogen and oxygen atoms in total. The second-order valence-electron chi connectivity index (χ2n) is 5.36. The number of halogens is 2. The quantitative estimate of drug-likeness (QED) is 0.314. The number of hydrogen-bond acceptors (Lipinski definition) is 4. The highest BCUT2D eigenvalue weighted by Gasteiger charge is 2.20. The molecular formula is C16H12FIN4O3. The zero-order valence-electron chi connectivity index (χ0n) is 12.9. The van der Waals surface area contributed by atoms with E-state index in [0.29, 0.717) is 16.9 Å². The number of hydrogen-bond donors (Lipinski definition) is 3. The molecule has 0 aliphatic rings. The Balaban J connectivity index is 2.15. The minimum Gasteiger partial charge on any atom is -0.355 e. The lowest BCUT2D eigenvalue weighted by molar-refractivity contribution is -0.387. The number of aromatic amines is 2. The highest BCUT2D eigenvalue weighted by Crippen LogP contribution is 2.35. The summed E-state index contributed by atoms with van der Waals surface area (Å²) in [6.07, 6.45) is 0.